The second kappa shape index (κ2) is 6.36. The van der Waals surface area contributed by atoms with Crippen LogP contribution in [0.1, 0.15) is 5.56 Å². The van der Waals surface area contributed by atoms with Crippen molar-refractivity contribution in [3.8, 4) is 5.75 Å². The lowest BCUT2D eigenvalue weighted by atomic mass is 10.1. The number of ether oxygens (including phenoxy) is 1. The van der Waals surface area contributed by atoms with Crippen molar-refractivity contribution in [3.05, 3.63) is 40.0 Å². The van der Waals surface area contributed by atoms with Gasteiger partial charge in [-0.2, -0.15) is 0 Å². The van der Waals surface area contributed by atoms with E-state index in [1.54, 1.807) is 0 Å². The fraction of sp³-hybridized carbons (Fsp3) is 0.182. The van der Waals surface area contributed by atoms with Crippen LogP contribution < -0.4 is 4.74 Å². The molecule has 7 heteroatoms. The van der Waals surface area contributed by atoms with Gasteiger partial charge in [0, 0.05) is 12.1 Å². The summed E-state index contributed by atoms with van der Waals surface area (Å²) in [6.45, 7) is -0.303. The lowest BCUT2D eigenvalue weighted by molar-refractivity contribution is -0.385. The molecule has 1 aromatic carbocycles. The second-order valence-corrected chi connectivity index (χ2v) is 3.23. The highest BCUT2D eigenvalue weighted by Gasteiger charge is 2.15. The van der Waals surface area contributed by atoms with E-state index in [0.717, 1.165) is 6.08 Å². The molecule has 0 aliphatic heterocycles. The SMILES string of the molecule is O=C(O)/C=C\c1ccc(OCCO)c([N+](=O)[O-])c1. The summed E-state index contributed by atoms with van der Waals surface area (Å²) in [5.41, 5.74) is 0.0939. The van der Waals surface area contributed by atoms with Crippen LogP contribution in [0.4, 0.5) is 5.69 Å². The Morgan fingerprint density at radius 3 is 2.78 bits per heavy atom. The summed E-state index contributed by atoms with van der Waals surface area (Å²) in [6, 6.07) is 4.04. The van der Waals surface area contributed by atoms with Crippen molar-refractivity contribution in [2.75, 3.05) is 13.2 Å². The number of hydrogen-bond donors (Lipinski definition) is 2. The number of rotatable bonds is 6. The van der Waals surface area contributed by atoms with Crippen molar-refractivity contribution in [2.24, 2.45) is 0 Å². The molecule has 0 bridgehead atoms. The van der Waals surface area contributed by atoms with Gasteiger partial charge in [0.25, 0.3) is 0 Å². The molecule has 18 heavy (non-hydrogen) atoms. The molecule has 0 fully saturated rings. The van der Waals surface area contributed by atoms with E-state index in [-0.39, 0.29) is 24.7 Å². The molecule has 0 unspecified atom stereocenters. The average Bonchev–Trinajstić information content (AvgIpc) is 2.34. The number of aliphatic carboxylic acids is 1. The van der Waals surface area contributed by atoms with E-state index in [1.807, 2.05) is 0 Å². The first-order chi connectivity index (χ1) is 8.54. The molecule has 2 N–H and O–H groups in total. The molecule has 0 saturated heterocycles. The molecule has 0 radical (unpaired) electrons. The zero-order chi connectivity index (χ0) is 13.5. The summed E-state index contributed by atoms with van der Waals surface area (Å²) in [6.07, 6.45) is 2.12. The topological polar surface area (TPSA) is 110 Å². The number of nitro groups is 1. The quantitative estimate of drug-likeness (QED) is 0.445. The average molecular weight is 253 g/mol. The van der Waals surface area contributed by atoms with Gasteiger partial charge in [0.2, 0.25) is 0 Å². The van der Waals surface area contributed by atoms with E-state index in [0.29, 0.717) is 5.56 Å². The Balaban J connectivity index is 3.03. The Kier molecular flexibility index (Phi) is 4.82. The highest BCUT2D eigenvalue weighted by atomic mass is 16.6. The molecular formula is C11H11NO6. The standard InChI is InChI=1S/C11H11NO6/c13-5-6-18-10-3-1-8(2-4-11(14)15)7-9(10)12(16)17/h1-4,7,13H,5-6H2,(H,14,15)/b4-2-. The second-order valence-electron chi connectivity index (χ2n) is 3.23. The number of nitro benzene ring substituents is 1. The highest BCUT2D eigenvalue weighted by Crippen LogP contribution is 2.28. The normalized spacial score (nSPS) is 10.5. The molecule has 0 aliphatic carbocycles. The van der Waals surface area contributed by atoms with Crippen LogP contribution in [-0.2, 0) is 4.79 Å². The zero-order valence-corrected chi connectivity index (χ0v) is 9.28. The molecular weight excluding hydrogens is 242 g/mol. The van der Waals surface area contributed by atoms with Crippen molar-refractivity contribution in [1.29, 1.82) is 0 Å². The lowest BCUT2D eigenvalue weighted by Crippen LogP contribution is -2.04. The number of aliphatic hydroxyl groups excluding tert-OH is 1. The van der Waals surface area contributed by atoms with Crippen LogP contribution in [0.5, 0.6) is 5.75 Å². The molecule has 0 spiro atoms. The number of aliphatic hydroxyl groups is 1. The summed E-state index contributed by atoms with van der Waals surface area (Å²) < 4.78 is 5.00. The Morgan fingerprint density at radius 2 is 2.22 bits per heavy atom. The number of carbonyl (C=O) groups is 1. The largest absolute Gasteiger partial charge is 0.484 e. The predicted octanol–water partition coefficient (Wildman–Crippen LogP) is 1.06. The maximum atomic E-state index is 10.8. The number of hydrogen-bond acceptors (Lipinski definition) is 5. The van der Waals surface area contributed by atoms with Crippen LogP contribution >= 0.6 is 0 Å². The van der Waals surface area contributed by atoms with Gasteiger partial charge in [0.05, 0.1) is 11.5 Å². The summed E-state index contributed by atoms with van der Waals surface area (Å²) in [7, 11) is 0. The Labute approximate surface area is 102 Å². The first kappa shape index (κ1) is 13.7. The molecule has 96 valence electrons. The van der Waals surface area contributed by atoms with Crippen LogP contribution in [0.15, 0.2) is 24.3 Å². The molecule has 1 rings (SSSR count). The highest BCUT2D eigenvalue weighted by molar-refractivity contribution is 5.85. The number of nitrogens with zero attached hydrogens (tertiary/aromatic N) is 1. The fourth-order valence-electron chi connectivity index (χ4n) is 1.23. The maximum absolute atomic E-state index is 10.8. The fourth-order valence-corrected chi connectivity index (χ4v) is 1.23. The molecule has 0 saturated carbocycles. The van der Waals surface area contributed by atoms with E-state index in [2.05, 4.69) is 0 Å². The smallest absolute Gasteiger partial charge is 0.328 e. The van der Waals surface area contributed by atoms with Gasteiger partial charge < -0.3 is 14.9 Å². The molecule has 0 amide bonds. The third kappa shape index (κ3) is 3.87. The van der Waals surface area contributed by atoms with E-state index in [4.69, 9.17) is 14.9 Å². The minimum absolute atomic E-state index is 0.0292. The van der Waals surface area contributed by atoms with Crippen LogP contribution in [0.25, 0.3) is 6.08 Å². The molecule has 0 aromatic heterocycles. The van der Waals surface area contributed by atoms with E-state index >= 15 is 0 Å². The third-order valence-electron chi connectivity index (χ3n) is 1.95. The van der Waals surface area contributed by atoms with Gasteiger partial charge in [-0.1, -0.05) is 6.07 Å². The first-order valence-electron chi connectivity index (χ1n) is 4.97. The van der Waals surface area contributed by atoms with Gasteiger partial charge in [-0.15, -0.1) is 0 Å². The Hall–Kier alpha value is -2.41. The number of benzene rings is 1. The van der Waals surface area contributed by atoms with Crippen molar-refractivity contribution in [1.82, 2.24) is 0 Å². The van der Waals surface area contributed by atoms with Gasteiger partial charge in [-0.3, -0.25) is 10.1 Å². The Bertz CT molecular complexity index is 482. The maximum Gasteiger partial charge on any atom is 0.328 e. The third-order valence-corrected chi connectivity index (χ3v) is 1.95. The summed E-state index contributed by atoms with van der Waals surface area (Å²) in [5, 5.41) is 27.8. The summed E-state index contributed by atoms with van der Waals surface area (Å²) >= 11 is 0. The van der Waals surface area contributed by atoms with Crippen LogP contribution in [-0.4, -0.2) is 34.3 Å². The monoisotopic (exact) mass is 253 g/mol. The van der Waals surface area contributed by atoms with Gasteiger partial charge in [-0.05, 0) is 17.7 Å². The van der Waals surface area contributed by atoms with Gasteiger partial charge in [0.1, 0.15) is 6.61 Å². The van der Waals surface area contributed by atoms with E-state index in [9.17, 15) is 14.9 Å². The van der Waals surface area contributed by atoms with Crippen LogP contribution in [0.2, 0.25) is 0 Å². The van der Waals surface area contributed by atoms with Crippen molar-refractivity contribution >= 4 is 17.7 Å². The predicted molar refractivity (Wildman–Crippen MR) is 62.3 cm³/mol. The van der Waals surface area contributed by atoms with Crippen LogP contribution in [0, 0.1) is 10.1 Å². The summed E-state index contributed by atoms with van der Waals surface area (Å²) in [5.74, 6) is -1.11. The van der Waals surface area contributed by atoms with Gasteiger partial charge in [-0.25, -0.2) is 4.79 Å². The van der Waals surface area contributed by atoms with Crippen molar-refractivity contribution in [3.63, 3.8) is 0 Å². The molecule has 0 atom stereocenters. The molecule has 7 nitrogen and oxygen atoms in total. The van der Waals surface area contributed by atoms with Gasteiger partial charge >= 0.3 is 11.7 Å². The summed E-state index contributed by atoms with van der Waals surface area (Å²) in [4.78, 5) is 20.5. The Morgan fingerprint density at radius 1 is 1.50 bits per heavy atom. The lowest BCUT2D eigenvalue weighted by Gasteiger charge is -2.05. The number of carboxylic acid groups (broad SMARTS) is 1. The van der Waals surface area contributed by atoms with E-state index in [1.165, 1.54) is 24.3 Å². The first-order valence-corrected chi connectivity index (χ1v) is 4.97. The zero-order valence-electron chi connectivity index (χ0n) is 9.28. The molecule has 0 heterocycles. The van der Waals surface area contributed by atoms with Crippen molar-refractivity contribution < 1.29 is 24.7 Å². The van der Waals surface area contributed by atoms with Crippen molar-refractivity contribution in [2.45, 2.75) is 0 Å². The molecule has 0 aliphatic rings. The van der Waals surface area contributed by atoms with Crippen LogP contribution in [0.3, 0.4) is 0 Å². The van der Waals surface area contributed by atoms with E-state index < -0.39 is 10.9 Å². The van der Waals surface area contributed by atoms with Gasteiger partial charge in [0.15, 0.2) is 5.75 Å². The number of carboxylic acids is 1. The minimum Gasteiger partial charge on any atom is -0.484 e. The minimum atomic E-state index is -1.14. The molecule has 1 aromatic rings.